The number of carbonyl (C=O) groups is 3. The molecule has 3 heterocycles. The maximum atomic E-state index is 14.6. The molecule has 206 valence electrons. The molecule has 3 aliphatic heterocycles. The number of rotatable bonds is 11. The van der Waals surface area contributed by atoms with Crippen LogP contribution in [0.2, 0.25) is 5.02 Å². The molecule has 1 aromatic rings. The number of hydrogen-bond donors (Lipinski definition) is 1. The van der Waals surface area contributed by atoms with Crippen molar-refractivity contribution in [2.24, 2.45) is 23.7 Å². The first-order valence-electron chi connectivity index (χ1n) is 13.2. The fourth-order valence-electron chi connectivity index (χ4n) is 6.54. The first-order valence-corrected chi connectivity index (χ1v) is 14.5. The number of anilines is 1. The highest BCUT2D eigenvalue weighted by atomic mass is 35.5. The second-order valence-corrected chi connectivity index (χ2v) is 12.7. The van der Waals surface area contributed by atoms with Crippen molar-refractivity contribution in [2.45, 2.75) is 55.7 Å². The fraction of sp³-hybridized carbons (Fsp3) is 0.552. The Bertz CT molecular complexity index is 1090. The van der Waals surface area contributed by atoms with Crippen molar-refractivity contribution in [3.8, 4) is 0 Å². The minimum absolute atomic E-state index is 0.00456. The van der Waals surface area contributed by atoms with Gasteiger partial charge in [0.05, 0.1) is 35.8 Å². The maximum Gasteiger partial charge on any atom is 0.310 e. The number of nitrogens with zero attached hydrogens (tertiary/aromatic N) is 2. The monoisotopic (exact) mass is 560 g/mol. The summed E-state index contributed by atoms with van der Waals surface area (Å²) in [6, 6.07) is 5.56. The van der Waals surface area contributed by atoms with Gasteiger partial charge < -0.3 is 19.6 Å². The van der Waals surface area contributed by atoms with E-state index in [4.69, 9.17) is 16.3 Å². The number of carbonyl (C=O) groups excluding carboxylic acids is 3. The first kappa shape index (κ1) is 28.7. The molecule has 1 aromatic carbocycles. The van der Waals surface area contributed by atoms with Crippen molar-refractivity contribution < 1.29 is 24.2 Å². The Morgan fingerprint density at radius 1 is 1.29 bits per heavy atom. The third kappa shape index (κ3) is 4.58. The number of esters is 1. The van der Waals surface area contributed by atoms with Crippen molar-refractivity contribution >= 4 is 46.8 Å². The van der Waals surface area contributed by atoms with E-state index in [1.807, 2.05) is 13.8 Å². The van der Waals surface area contributed by atoms with E-state index in [9.17, 15) is 19.5 Å². The van der Waals surface area contributed by atoms with Crippen LogP contribution in [0.25, 0.3) is 0 Å². The van der Waals surface area contributed by atoms with E-state index in [0.717, 1.165) is 0 Å². The summed E-state index contributed by atoms with van der Waals surface area (Å²) in [5.74, 6) is -2.33. The van der Waals surface area contributed by atoms with Gasteiger partial charge in [-0.2, -0.15) is 0 Å². The highest BCUT2D eigenvalue weighted by Crippen LogP contribution is 2.69. The molecule has 0 radical (unpaired) electrons. The molecule has 2 amide bonds. The van der Waals surface area contributed by atoms with Crippen LogP contribution in [0.3, 0.4) is 0 Å². The number of benzene rings is 1. The summed E-state index contributed by atoms with van der Waals surface area (Å²) >= 11 is 7.70. The Labute approximate surface area is 234 Å². The number of halogens is 1. The zero-order chi connectivity index (χ0) is 27.8. The van der Waals surface area contributed by atoms with Crippen molar-refractivity contribution in [3.63, 3.8) is 0 Å². The van der Waals surface area contributed by atoms with Crippen molar-refractivity contribution in [3.05, 3.63) is 54.6 Å². The minimum Gasteiger partial charge on any atom is -0.465 e. The molecule has 3 saturated heterocycles. The molecule has 3 aliphatic rings. The van der Waals surface area contributed by atoms with E-state index >= 15 is 0 Å². The van der Waals surface area contributed by atoms with Gasteiger partial charge in [-0.25, -0.2) is 0 Å². The molecule has 7 nitrogen and oxygen atoms in total. The van der Waals surface area contributed by atoms with Gasteiger partial charge in [-0.1, -0.05) is 44.5 Å². The van der Waals surface area contributed by atoms with Gasteiger partial charge in [0.2, 0.25) is 5.91 Å². The van der Waals surface area contributed by atoms with Crippen LogP contribution in [-0.4, -0.2) is 69.6 Å². The summed E-state index contributed by atoms with van der Waals surface area (Å²) in [7, 11) is 0. The third-order valence-corrected chi connectivity index (χ3v) is 10.6. The summed E-state index contributed by atoms with van der Waals surface area (Å²) in [5.41, 5.74) is 0.641. The predicted molar refractivity (Wildman–Crippen MR) is 151 cm³/mol. The average Bonchev–Trinajstić information content (AvgIpc) is 3.47. The molecule has 0 saturated carbocycles. The van der Waals surface area contributed by atoms with Crippen LogP contribution in [0.15, 0.2) is 49.6 Å². The first-order chi connectivity index (χ1) is 18.1. The number of aliphatic hydroxyl groups is 1. The van der Waals surface area contributed by atoms with Gasteiger partial charge in [0.25, 0.3) is 5.91 Å². The molecule has 4 rings (SSSR count). The summed E-state index contributed by atoms with van der Waals surface area (Å²) in [4.78, 5) is 45.5. The van der Waals surface area contributed by atoms with Crippen LogP contribution in [0.5, 0.6) is 0 Å². The highest BCUT2D eigenvalue weighted by molar-refractivity contribution is 8.02. The lowest BCUT2D eigenvalue weighted by molar-refractivity contribution is -0.155. The number of hydrogen-bond acceptors (Lipinski definition) is 6. The zero-order valence-electron chi connectivity index (χ0n) is 22.2. The molecule has 3 unspecified atom stereocenters. The fourth-order valence-corrected chi connectivity index (χ4v) is 9.06. The van der Waals surface area contributed by atoms with E-state index in [1.54, 1.807) is 58.0 Å². The number of amides is 2. The van der Waals surface area contributed by atoms with Gasteiger partial charge in [-0.3, -0.25) is 14.4 Å². The standard InChI is InChI=1S/C29H37ClN2O5S/c1-6-8-14-37-28(36)23-22-15-18(5)29(38-22)24(23)26(34)32(21(16-33)17(3)4)25(29)27(35)31(13-7-2)20-11-9-19(30)10-12-20/h6-7,9-12,17-18,21-25,33H,1-2,8,13-16H2,3-5H3/t18?,21-,22+,23-,24-,25?,29?/m0/s1. The molecule has 0 aliphatic carbocycles. The van der Waals surface area contributed by atoms with Gasteiger partial charge in [0.1, 0.15) is 6.04 Å². The lowest BCUT2D eigenvalue weighted by Gasteiger charge is -2.42. The zero-order valence-corrected chi connectivity index (χ0v) is 23.8. The summed E-state index contributed by atoms with van der Waals surface area (Å²) in [6.45, 7) is 13.6. The topological polar surface area (TPSA) is 87.1 Å². The Balaban J connectivity index is 1.82. The van der Waals surface area contributed by atoms with Crippen LogP contribution in [0.1, 0.15) is 33.6 Å². The van der Waals surface area contributed by atoms with Crippen LogP contribution in [-0.2, 0) is 19.1 Å². The molecule has 3 fully saturated rings. The number of thioether (sulfide) groups is 1. The number of aliphatic hydroxyl groups excluding tert-OH is 1. The Kier molecular flexibility index (Phi) is 8.65. The Morgan fingerprint density at radius 2 is 1.97 bits per heavy atom. The van der Waals surface area contributed by atoms with Crippen LogP contribution in [0, 0.1) is 23.7 Å². The van der Waals surface area contributed by atoms with E-state index in [-0.39, 0.29) is 48.7 Å². The van der Waals surface area contributed by atoms with Gasteiger partial charge >= 0.3 is 5.97 Å². The molecular formula is C29H37ClN2O5S. The van der Waals surface area contributed by atoms with Crippen molar-refractivity contribution in [1.29, 1.82) is 0 Å². The molecular weight excluding hydrogens is 524 g/mol. The van der Waals surface area contributed by atoms with Crippen LogP contribution in [0.4, 0.5) is 5.69 Å². The lowest BCUT2D eigenvalue weighted by atomic mass is 9.66. The Morgan fingerprint density at radius 3 is 2.55 bits per heavy atom. The van der Waals surface area contributed by atoms with E-state index in [2.05, 4.69) is 20.1 Å². The number of likely N-dealkylation sites (tertiary alicyclic amines) is 1. The summed E-state index contributed by atoms with van der Waals surface area (Å²) < 4.78 is 4.76. The van der Waals surface area contributed by atoms with Gasteiger partial charge in [0.15, 0.2) is 0 Å². The Hall–Kier alpha value is -2.29. The summed E-state index contributed by atoms with van der Waals surface area (Å²) in [5, 5.41) is 10.9. The third-order valence-electron chi connectivity index (χ3n) is 8.29. The van der Waals surface area contributed by atoms with Crippen molar-refractivity contribution in [1.82, 2.24) is 4.90 Å². The number of fused-ring (bicyclic) bond motifs is 1. The summed E-state index contributed by atoms with van der Waals surface area (Å²) in [6.07, 6.45) is 4.57. The van der Waals surface area contributed by atoms with Gasteiger partial charge in [-0.05, 0) is 48.9 Å². The van der Waals surface area contributed by atoms with Gasteiger partial charge in [0, 0.05) is 22.5 Å². The largest absolute Gasteiger partial charge is 0.465 e. The normalized spacial score (nSPS) is 30.3. The lowest BCUT2D eigenvalue weighted by Crippen LogP contribution is -2.60. The molecule has 1 N–H and O–H groups in total. The molecule has 1 spiro atoms. The van der Waals surface area contributed by atoms with E-state index < -0.39 is 34.6 Å². The van der Waals surface area contributed by atoms with E-state index in [1.165, 1.54) is 0 Å². The highest BCUT2D eigenvalue weighted by Gasteiger charge is 2.77. The molecule has 38 heavy (non-hydrogen) atoms. The maximum absolute atomic E-state index is 14.6. The van der Waals surface area contributed by atoms with Crippen molar-refractivity contribution in [2.75, 3.05) is 24.7 Å². The molecule has 9 heteroatoms. The van der Waals surface area contributed by atoms with Crippen LogP contribution < -0.4 is 4.90 Å². The van der Waals surface area contributed by atoms with E-state index in [0.29, 0.717) is 23.6 Å². The molecule has 0 aromatic heterocycles. The predicted octanol–water partition coefficient (Wildman–Crippen LogP) is 4.33. The smallest absolute Gasteiger partial charge is 0.310 e. The second-order valence-electron chi connectivity index (χ2n) is 10.8. The average molecular weight is 561 g/mol. The SMILES string of the molecule is C=CCCOC(=O)[C@@H]1[C@H]2C(=O)N([C@@H](CO)C(C)C)C(C(=O)N(CC=C)c3ccc(Cl)cc3)C23S[C@@H]1CC3C. The minimum atomic E-state index is -0.855. The quantitative estimate of drug-likeness (QED) is 0.246. The van der Waals surface area contributed by atoms with Crippen LogP contribution >= 0.6 is 23.4 Å². The second kappa shape index (κ2) is 11.4. The van der Waals surface area contributed by atoms with Gasteiger partial charge in [-0.15, -0.1) is 24.9 Å². The molecule has 7 atom stereocenters. The molecule has 2 bridgehead atoms. The number of ether oxygens (including phenoxy) is 1.